The Hall–Kier alpha value is -1.62. The molecule has 0 aliphatic rings. The van der Waals surface area contributed by atoms with Crippen LogP contribution in [0.2, 0.25) is 5.15 Å². The summed E-state index contributed by atoms with van der Waals surface area (Å²) in [6.45, 7) is 2.07. The molecule has 0 aliphatic heterocycles. The Morgan fingerprint density at radius 3 is 2.94 bits per heavy atom. The molecular formula is C10H12ClN5. The molecule has 0 aromatic carbocycles. The second kappa shape index (κ2) is 4.94. The van der Waals surface area contributed by atoms with Crippen LogP contribution in [0.15, 0.2) is 24.8 Å². The van der Waals surface area contributed by atoms with Gasteiger partial charge in [0.1, 0.15) is 23.1 Å². The molecule has 5 nitrogen and oxygen atoms in total. The maximum absolute atomic E-state index is 5.78. The summed E-state index contributed by atoms with van der Waals surface area (Å²) in [6, 6.07) is 1.79. The topological polar surface area (TPSA) is 66.5 Å². The van der Waals surface area contributed by atoms with Crippen LogP contribution in [0.5, 0.6) is 0 Å². The van der Waals surface area contributed by atoms with Crippen LogP contribution in [0.3, 0.4) is 0 Å². The fourth-order valence-electron chi connectivity index (χ4n) is 1.42. The number of imidazole rings is 1. The van der Waals surface area contributed by atoms with E-state index < -0.39 is 0 Å². The van der Waals surface area contributed by atoms with E-state index in [2.05, 4.69) is 32.2 Å². The van der Waals surface area contributed by atoms with E-state index in [9.17, 15) is 0 Å². The Morgan fingerprint density at radius 2 is 2.31 bits per heavy atom. The van der Waals surface area contributed by atoms with Crippen molar-refractivity contribution in [1.29, 1.82) is 0 Å². The van der Waals surface area contributed by atoms with E-state index in [1.54, 1.807) is 18.5 Å². The zero-order valence-electron chi connectivity index (χ0n) is 8.81. The minimum absolute atomic E-state index is 0.0981. The summed E-state index contributed by atoms with van der Waals surface area (Å²) >= 11 is 5.78. The molecule has 84 valence electrons. The van der Waals surface area contributed by atoms with Crippen LogP contribution in [0, 0.1) is 0 Å². The lowest BCUT2D eigenvalue weighted by Crippen LogP contribution is -2.12. The number of halogens is 1. The number of aromatic amines is 1. The molecule has 0 aliphatic carbocycles. The Morgan fingerprint density at radius 1 is 1.44 bits per heavy atom. The molecule has 2 N–H and O–H groups in total. The predicted octanol–water partition coefficient (Wildman–Crippen LogP) is 2.42. The summed E-state index contributed by atoms with van der Waals surface area (Å²) in [5.74, 6) is 1.58. The van der Waals surface area contributed by atoms with Gasteiger partial charge in [-0.3, -0.25) is 0 Å². The lowest BCUT2D eigenvalue weighted by molar-refractivity contribution is 0.700. The number of rotatable bonds is 4. The zero-order valence-corrected chi connectivity index (χ0v) is 9.57. The number of hydrogen-bond acceptors (Lipinski definition) is 4. The first-order valence-electron chi connectivity index (χ1n) is 5.03. The zero-order chi connectivity index (χ0) is 11.4. The molecule has 2 aromatic rings. The molecule has 2 aromatic heterocycles. The number of anilines is 1. The number of aromatic nitrogens is 4. The van der Waals surface area contributed by atoms with E-state index in [-0.39, 0.29) is 6.04 Å². The van der Waals surface area contributed by atoms with Gasteiger partial charge < -0.3 is 10.3 Å². The lowest BCUT2D eigenvalue weighted by atomic mass is 10.2. The molecule has 6 heteroatoms. The fourth-order valence-corrected chi connectivity index (χ4v) is 1.57. The van der Waals surface area contributed by atoms with E-state index in [4.69, 9.17) is 11.6 Å². The Bertz CT molecular complexity index is 442. The lowest BCUT2D eigenvalue weighted by Gasteiger charge is -2.14. The largest absolute Gasteiger partial charge is 0.360 e. The first kappa shape index (κ1) is 10.9. The number of nitrogens with one attached hydrogen (secondary N) is 2. The monoisotopic (exact) mass is 237 g/mol. The summed E-state index contributed by atoms with van der Waals surface area (Å²) in [5, 5.41) is 3.67. The van der Waals surface area contributed by atoms with Crippen molar-refractivity contribution in [3.63, 3.8) is 0 Å². The van der Waals surface area contributed by atoms with Gasteiger partial charge in [0.15, 0.2) is 0 Å². The molecular weight excluding hydrogens is 226 g/mol. The highest BCUT2D eigenvalue weighted by Crippen LogP contribution is 2.19. The molecule has 0 bridgehead atoms. The molecule has 1 unspecified atom stereocenters. The van der Waals surface area contributed by atoms with Gasteiger partial charge in [-0.2, -0.15) is 0 Å². The maximum Gasteiger partial charge on any atom is 0.134 e. The van der Waals surface area contributed by atoms with Gasteiger partial charge in [-0.25, -0.2) is 15.0 Å². The fraction of sp³-hybridized carbons (Fsp3) is 0.300. The molecule has 0 saturated heterocycles. The van der Waals surface area contributed by atoms with E-state index in [0.29, 0.717) is 11.0 Å². The maximum atomic E-state index is 5.78. The summed E-state index contributed by atoms with van der Waals surface area (Å²) in [6.07, 6.45) is 5.86. The van der Waals surface area contributed by atoms with Crippen LogP contribution in [-0.4, -0.2) is 19.9 Å². The smallest absolute Gasteiger partial charge is 0.134 e. The highest BCUT2D eigenvalue weighted by molar-refractivity contribution is 6.29. The van der Waals surface area contributed by atoms with E-state index in [0.717, 1.165) is 12.2 Å². The third-order valence-corrected chi connectivity index (χ3v) is 2.42. The van der Waals surface area contributed by atoms with Crippen LogP contribution >= 0.6 is 11.6 Å². The molecule has 0 saturated carbocycles. The van der Waals surface area contributed by atoms with Crippen molar-refractivity contribution in [2.24, 2.45) is 0 Å². The van der Waals surface area contributed by atoms with Crippen LogP contribution in [0.25, 0.3) is 0 Å². The van der Waals surface area contributed by atoms with Crippen LogP contribution in [0.4, 0.5) is 5.82 Å². The van der Waals surface area contributed by atoms with Crippen molar-refractivity contribution in [3.8, 4) is 0 Å². The van der Waals surface area contributed by atoms with E-state index in [1.807, 2.05) is 0 Å². The average molecular weight is 238 g/mol. The minimum atomic E-state index is 0.0981. The summed E-state index contributed by atoms with van der Waals surface area (Å²) in [4.78, 5) is 15.2. The number of hydrogen-bond donors (Lipinski definition) is 2. The molecule has 0 fully saturated rings. The molecule has 0 spiro atoms. The summed E-state index contributed by atoms with van der Waals surface area (Å²) in [7, 11) is 0. The van der Waals surface area contributed by atoms with Gasteiger partial charge in [-0.1, -0.05) is 18.5 Å². The molecule has 2 rings (SSSR count). The van der Waals surface area contributed by atoms with Gasteiger partial charge >= 0.3 is 0 Å². The van der Waals surface area contributed by atoms with Gasteiger partial charge in [-0.15, -0.1) is 0 Å². The Kier molecular flexibility index (Phi) is 3.36. The van der Waals surface area contributed by atoms with Crippen LogP contribution in [0.1, 0.15) is 25.2 Å². The molecule has 0 radical (unpaired) electrons. The summed E-state index contributed by atoms with van der Waals surface area (Å²) < 4.78 is 0. The van der Waals surface area contributed by atoms with Crippen molar-refractivity contribution >= 4 is 17.4 Å². The number of nitrogens with zero attached hydrogens (tertiary/aromatic N) is 3. The molecule has 16 heavy (non-hydrogen) atoms. The first-order chi connectivity index (χ1) is 7.79. The van der Waals surface area contributed by atoms with Crippen molar-refractivity contribution in [2.45, 2.75) is 19.4 Å². The molecule has 1 atom stereocenters. The highest BCUT2D eigenvalue weighted by Gasteiger charge is 2.11. The van der Waals surface area contributed by atoms with Gasteiger partial charge in [0.2, 0.25) is 0 Å². The predicted molar refractivity (Wildman–Crippen MR) is 62.3 cm³/mol. The van der Waals surface area contributed by atoms with Gasteiger partial charge in [0, 0.05) is 18.5 Å². The van der Waals surface area contributed by atoms with Crippen molar-refractivity contribution in [2.75, 3.05) is 5.32 Å². The van der Waals surface area contributed by atoms with E-state index in [1.165, 1.54) is 6.33 Å². The molecule has 2 heterocycles. The van der Waals surface area contributed by atoms with Gasteiger partial charge in [-0.05, 0) is 6.42 Å². The second-order valence-electron chi connectivity index (χ2n) is 3.31. The van der Waals surface area contributed by atoms with Gasteiger partial charge in [0.05, 0.1) is 6.04 Å². The highest BCUT2D eigenvalue weighted by atomic mass is 35.5. The van der Waals surface area contributed by atoms with E-state index >= 15 is 0 Å². The van der Waals surface area contributed by atoms with Crippen molar-refractivity contribution < 1.29 is 0 Å². The Labute approximate surface area is 98.3 Å². The first-order valence-corrected chi connectivity index (χ1v) is 5.40. The van der Waals surface area contributed by atoms with Crippen LogP contribution in [-0.2, 0) is 0 Å². The third-order valence-electron chi connectivity index (χ3n) is 2.21. The SMILES string of the molecule is CCC(Nc1cc(Cl)ncn1)c1ncc[nH]1. The standard InChI is InChI=1S/C10H12ClN5/c1-2-7(10-12-3-4-13-10)16-9-5-8(11)14-6-15-9/h3-7H,2H2,1H3,(H,12,13)(H,14,15,16). The van der Waals surface area contributed by atoms with Crippen molar-refractivity contribution in [1.82, 2.24) is 19.9 Å². The average Bonchev–Trinajstić information content (AvgIpc) is 2.79. The third kappa shape index (κ3) is 2.49. The quantitative estimate of drug-likeness (QED) is 0.802. The molecule has 0 amide bonds. The minimum Gasteiger partial charge on any atom is -0.360 e. The van der Waals surface area contributed by atoms with Crippen LogP contribution < -0.4 is 5.32 Å². The normalized spacial score (nSPS) is 12.4. The summed E-state index contributed by atoms with van der Waals surface area (Å²) in [5.41, 5.74) is 0. The second-order valence-corrected chi connectivity index (χ2v) is 3.69. The Balaban J connectivity index is 2.13. The van der Waals surface area contributed by atoms with Crippen molar-refractivity contribution in [3.05, 3.63) is 35.8 Å². The van der Waals surface area contributed by atoms with Gasteiger partial charge in [0.25, 0.3) is 0 Å². The number of H-pyrrole nitrogens is 1.